The maximum atomic E-state index is 12.0. The summed E-state index contributed by atoms with van der Waals surface area (Å²) in [7, 11) is 0. The fourth-order valence-corrected chi connectivity index (χ4v) is 1.92. The standard InChI is InChI=1S/C13H21N3OS/c1-3-7-14-12-11(6-4-8-15-12)13(17)16-9-5-10-18-2/h4,6,8H,3,5,7,9-10H2,1-2H3,(H,14,15)(H,16,17). The molecule has 1 aromatic heterocycles. The van der Waals surface area contributed by atoms with E-state index in [1.54, 1.807) is 30.1 Å². The van der Waals surface area contributed by atoms with Crippen LogP contribution in [0.25, 0.3) is 0 Å². The van der Waals surface area contributed by atoms with Gasteiger partial charge in [-0.25, -0.2) is 4.98 Å². The Hall–Kier alpha value is -1.23. The van der Waals surface area contributed by atoms with Crippen molar-refractivity contribution in [2.75, 3.05) is 30.4 Å². The number of rotatable bonds is 8. The minimum absolute atomic E-state index is 0.0530. The number of pyridine rings is 1. The lowest BCUT2D eigenvalue weighted by Gasteiger charge is -2.10. The van der Waals surface area contributed by atoms with Crippen molar-refractivity contribution in [2.45, 2.75) is 19.8 Å². The Morgan fingerprint density at radius 2 is 2.28 bits per heavy atom. The van der Waals surface area contributed by atoms with Gasteiger partial charge in [0.1, 0.15) is 5.82 Å². The first kappa shape index (κ1) is 14.8. The zero-order chi connectivity index (χ0) is 13.2. The molecule has 0 unspecified atom stereocenters. The van der Waals surface area contributed by atoms with Crippen LogP contribution in [0.15, 0.2) is 18.3 Å². The summed E-state index contributed by atoms with van der Waals surface area (Å²) in [5.41, 5.74) is 0.620. The Morgan fingerprint density at radius 1 is 1.44 bits per heavy atom. The van der Waals surface area contributed by atoms with E-state index in [-0.39, 0.29) is 5.91 Å². The van der Waals surface area contributed by atoms with E-state index in [4.69, 9.17) is 0 Å². The average Bonchev–Trinajstić information content (AvgIpc) is 2.41. The highest BCUT2D eigenvalue weighted by Crippen LogP contribution is 2.11. The molecule has 0 aliphatic rings. The van der Waals surface area contributed by atoms with E-state index in [0.717, 1.165) is 25.1 Å². The first-order valence-corrected chi connectivity index (χ1v) is 7.65. The summed E-state index contributed by atoms with van der Waals surface area (Å²) >= 11 is 1.79. The van der Waals surface area contributed by atoms with Crippen molar-refractivity contribution >= 4 is 23.5 Å². The third kappa shape index (κ3) is 4.96. The normalized spacial score (nSPS) is 10.1. The summed E-state index contributed by atoms with van der Waals surface area (Å²) in [5, 5.41) is 6.09. The van der Waals surface area contributed by atoms with Crippen molar-refractivity contribution in [3.63, 3.8) is 0 Å². The molecule has 0 aliphatic heterocycles. The number of nitrogens with zero attached hydrogens (tertiary/aromatic N) is 1. The highest BCUT2D eigenvalue weighted by Gasteiger charge is 2.10. The zero-order valence-corrected chi connectivity index (χ0v) is 11.8. The van der Waals surface area contributed by atoms with Crippen LogP contribution in [0.3, 0.4) is 0 Å². The Balaban J connectivity index is 2.55. The summed E-state index contributed by atoms with van der Waals surface area (Å²) < 4.78 is 0. The predicted octanol–water partition coefficient (Wildman–Crippen LogP) is 2.39. The number of hydrogen-bond donors (Lipinski definition) is 2. The van der Waals surface area contributed by atoms with Gasteiger partial charge in [-0.15, -0.1) is 0 Å². The highest BCUT2D eigenvalue weighted by molar-refractivity contribution is 7.98. The van der Waals surface area contributed by atoms with Crippen molar-refractivity contribution in [1.29, 1.82) is 0 Å². The quantitative estimate of drug-likeness (QED) is 0.710. The first-order chi connectivity index (χ1) is 8.79. The largest absolute Gasteiger partial charge is 0.369 e. The topological polar surface area (TPSA) is 54.0 Å². The van der Waals surface area contributed by atoms with Gasteiger partial charge in [-0.2, -0.15) is 11.8 Å². The Morgan fingerprint density at radius 3 is 3.00 bits per heavy atom. The molecule has 0 saturated heterocycles. The molecule has 1 heterocycles. The minimum atomic E-state index is -0.0530. The van der Waals surface area contributed by atoms with Crippen LogP contribution < -0.4 is 10.6 Å². The SMILES string of the molecule is CCCNc1ncccc1C(=O)NCCCSC. The molecule has 18 heavy (non-hydrogen) atoms. The van der Waals surface area contributed by atoms with Crippen LogP contribution in [-0.4, -0.2) is 36.0 Å². The first-order valence-electron chi connectivity index (χ1n) is 6.25. The van der Waals surface area contributed by atoms with E-state index in [2.05, 4.69) is 28.8 Å². The van der Waals surface area contributed by atoms with Gasteiger partial charge in [0.05, 0.1) is 5.56 Å². The van der Waals surface area contributed by atoms with E-state index in [1.165, 1.54) is 0 Å². The van der Waals surface area contributed by atoms with Crippen molar-refractivity contribution < 1.29 is 4.79 Å². The number of carbonyl (C=O) groups is 1. The Kier molecular flexibility index (Phi) is 7.25. The lowest BCUT2D eigenvalue weighted by molar-refractivity contribution is 0.0954. The molecule has 1 aromatic rings. The van der Waals surface area contributed by atoms with Crippen LogP contribution in [0, 0.1) is 0 Å². The molecule has 0 radical (unpaired) electrons. The van der Waals surface area contributed by atoms with Crippen LogP contribution in [-0.2, 0) is 0 Å². The molecule has 1 rings (SSSR count). The number of amides is 1. The Bertz CT molecular complexity index is 371. The van der Waals surface area contributed by atoms with Crippen LogP contribution in [0.4, 0.5) is 5.82 Å². The lowest BCUT2D eigenvalue weighted by Crippen LogP contribution is -2.26. The lowest BCUT2D eigenvalue weighted by atomic mass is 10.2. The molecule has 100 valence electrons. The number of aromatic nitrogens is 1. The smallest absolute Gasteiger partial charge is 0.255 e. The second-order valence-corrected chi connectivity index (χ2v) is 4.91. The van der Waals surface area contributed by atoms with E-state index >= 15 is 0 Å². The summed E-state index contributed by atoms with van der Waals surface area (Å²) in [5.74, 6) is 1.68. The van der Waals surface area contributed by atoms with Crippen molar-refractivity contribution in [3.05, 3.63) is 23.9 Å². The molecule has 0 aliphatic carbocycles. The van der Waals surface area contributed by atoms with Crippen LogP contribution >= 0.6 is 11.8 Å². The van der Waals surface area contributed by atoms with E-state index < -0.39 is 0 Å². The van der Waals surface area contributed by atoms with E-state index in [9.17, 15) is 4.79 Å². The number of carbonyl (C=O) groups excluding carboxylic acids is 1. The summed E-state index contributed by atoms with van der Waals surface area (Å²) in [6.45, 7) is 3.61. The molecular formula is C13H21N3OS. The molecule has 0 bridgehead atoms. The second kappa shape index (κ2) is 8.80. The molecule has 5 heteroatoms. The fraction of sp³-hybridized carbons (Fsp3) is 0.538. The van der Waals surface area contributed by atoms with Gasteiger partial charge in [0.2, 0.25) is 0 Å². The predicted molar refractivity (Wildman–Crippen MR) is 78.3 cm³/mol. The molecule has 1 amide bonds. The molecule has 0 spiro atoms. The average molecular weight is 267 g/mol. The molecule has 0 fully saturated rings. The van der Waals surface area contributed by atoms with Crippen LogP contribution in [0.1, 0.15) is 30.1 Å². The number of nitrogens with one attached hydrogen (secondary N) is 2. The zero-order valence-electron chi connectivity index (χ0n) is 11.0. The minimum Gasteiger partial charge on any atom is -0.369 e. The van der Waals surface area contributed by atoms with Gasteiger partial charge in [0, 0.05) is 19.3 Å². The highest BCUT2D eigenvalue weighted by atomic mass is 32.2. The van der Waals surface area contributed by atoms with E-state index in [0.29, 0.717) is 17.9 Å². The van der Waals surface area contributed by atoms with Gasteiger partial charge in [-0.05, 0) is 37.0 Å². The monoisotopic (exact) mass is 267 g/mol. The third-order valence-corrected chi connectivity index (χ3v) is 3.10. The van der Waals surface area contributed by atoms with Crippen molar-refractivity contribution in [2.24, 2.45) is 0 Å². The maximum absolute atomic E-state index is 12.0. The number of hydrogen-bond acceptors (Lipinski definition) is 4. The summed E-state index contributed by atoms with van der Waals surface area (Å²) in [6.07, 6.45) is 5.76. The third-order valence-electron chi connectivity index (χ3n) is 2.41. The fourth-order valence-electron chi connectivity index (χ4n) is 1.49. The maximum Gasteiger partial charge on any atom is 0.255 e. The number of anilines is 1. The summed E-state index contributed by atoms with van der Waals surface area (Å²) in [6, 6.07) is 3.59. The number of thioether (sulfide) groups is 1. The molecule has 0 atom stereocenters. The molecular weight excluding hydrogens is 246 g/mol. The molecule has 0 saturated carbocycles. The summed E-state index contributed by atoms with van der Waals surface area (Å²) in [4.78, 5) is 16.2. The van der Waals surface area contributed by atoms with Gasteiger partial charge in [0.25, 0.3) is 5.91 Å². The molecule has 4 nitrogen and oxygen atoms in total. The van der Waals surface area contributed by atoms with Crippen LogP contribution in [0.2, 0.25) is 0 Å². The Labute approximate surface area is 113 Å². The van der Waals surface area contributed by atoms with Gasteiger partial charge >= 0.3 is 0 Å². The van der Waals surface area contributed by atoms with Gasteiger partial charge in [0.15, 0.2) is 0 Å². The van der Waals surface area contributed by atoms with Crippen molar-refractivity contribution in [3.8, 4) is 0 Å². The second-order valence-electron chi connectivity index (χ2n) is 3.93. The van der Waals surface area contributed by atoms with Gasteiger partial charge < -0.3 is 10.6 Å². The van der Waals surface area contributed by atoms with Crippen LogP contribution in [0.5, 0.6) is 0 Å². The van der Waals surface area contributed by atoms with Gasteiger partial charge in [-0.3, -0.25) is 4.79 Å². The molecule has 0 aromatic carbocycles. The molecule has 2 N–H and O–H groups in total. The van der Waals surface area contributed by atoms with E-state index in [1.807, 2.05) is 0 Å². The van der Waals surface area contributed by atoms with Crippen molar-refractivity contribution in [1.82, 2.24) is 10.3 Å². The van der Waals surface area contributed by atoms with Gasteiger partial charge in [-0.1, -0.05) is 6.92 Å².